The number of thiazole rings is 1. The van der Waals surface area contributed by atoms with Crippen LogP contribution in [0.5, 0.6) is 11.5 Å². The number of aromatic nitrogens is 2. The Labute approximate surface area is 151 Å². The van der Waals surface area contributed by atoms with E-state index in [2.05, 4.69) is 10.9 Å². The van der Waals surface area contributed by atoms with Crippen LogP contribution in [0.15, 0.2) is 22.4 Å². The van der Waals surface area contributed by atoms with E-state index in [0.29, 0.717) is 10.3 Å². The van der Waals surface area contributed by atoms with Gasteiger partial charge < -0.3 is 9.84 Å². The van der Waals surface area contributed by atoms with Crippen molar-refractivity contribution < 1.29 is 9.84 Å². The third-order valence-corrected chi connectivity index (χ3v) is 4.91. The van der Waals surface area contributed by atoms with E-state index < -0.39 is 5.56 Å². The predicted octanol–water partition coefficient (Wildman–Crippen LogP) is 3.78. The second-order valence-electron chi connectivity index (χ2n) is 4.76. The Morgan fingerprint density at radius 2 is 2.08 bits per heavy atom. The van der Waals surface area contributed by atoms with Gasteiger partial charge in [0.2, 0.25) is 0 Å². The number of methoxy groups -OCH3 is 1. The Kier molecular flexibility index (Phi) is 4.41. The smallest absolute Gasteiger partial charge is 0.264 e. The number of terminal acetylenes is 1. The highest BCUT2D eigenvalue weighted by Gasteiger charge is 2.25. The number of rotatable bonds is 3. The monoisotopic (exact) mass is 380 g/mol. The first kappa shape index (κ1) is 16.7. The van der Waals surface area contributed by atoms with Crippen LogP contribution >= 0.6 is 34.5 Å². The highest BCUT2D eigenvalue weighted by atomic mass is 35.5. The fraction of sp³-hybridized carbons (Fsp3) is 0.125. The molecule has 1 N–H and O–H groups in total. The normalized spacial score (nSPS) is 10.8. The maximum atomic E-state index is 12.9. The van der Waals surface area contributed by atoms with Gasteiger partial charge in [-0.3, -0.25) is 9.36 Å². The molecule has 0 saturated heterocycles. The van der Waals surface area contributed by atoms with Crippen LogP contribution in [0.25, 0.3) is 21.5 Å². The van der Waals surface area contributed by atoms with Gasteiger partial charge in [0.05, 0.1) is 40.3 Å². The lowest BCUT2D eigenvalue weighted by molar-refractivity contribution is 0.416. The van der Waals surface area contributed by atoms with Crippen molar-refractivity contribution >= 4 is 44.9 Å². The zero-order chi connectivity index (χ0) is 17.4. The molecule has 0 saturated carbocycles. The van der Waals surface area contributed by atoms with E-state index in [0.717, 1.165) is 0 Å². The summed E-state index contributed by atoms with van der Waals surface area (Å²) in [4.78, 5) is 17.1. The van der Waals surface area contributed by atoms with Gasteiger partial charge in [0.1, 0.15) is 16.2 Å². The third-order valence-electron chi connectivity index (χ3n) is 3.48. The Morgan fingerprint density at radius 3 is 2.75 bits per heavy atom. The SMILES string of the molecule is C#CCn1c(=O)c(-c2c(Cl)ccc(Cl)c2OC)c(O)c2scnc21. The van der Waals surface area contributed by atoms with Crippen molar-refractivity contribution in [1.29, 1.82) is 0 Å². The summed E-state index contributed by atoms with van der Waals surface area (Å²) in [6.45, 7) is 0.00679. The van der Waals surface area contributed by atoms with E-state index in [1.54, 1.807) is 6.07 Å². The van der Waals surface area contributed by atoms with Crippen molar-refractivity contribution in [3.63, 3.8) is 0 Å². The van der Waals surface area contributed by atoms with E-state index in [1.807, 2.05) is 0 Å². The molecule has 0 amide bonds. The number of hydrogen-bond donors (Lipinski definition) is 1. The molecule has 0 aliphatic rings. The minimum absolute atomic E-state index is 0.00679. The van der Waals surface area contributed by atoms with Crippen LogP contribution < -0.4 is 10.3 Å². The summed E-state index contributed by atoms with van der Waals surface area (Å²) < 4.78 is 7.02. The zero-order valence-electron chi connectivity index (χ0n) is 12.3. The van der Waals surface area contributed by atoms with Crippen LogP contribution in [-0.4, -0.2) is 21.8 Å². The van der Waals surface area contributed by atoms with Gasteiger partial charge in [-0.25, -0.2) is 4.98 Å². The number of hydrogen-bond acceptors (Lipinski definition) is 5. The topological polar surface area (TPSA) is 64.3 Å². The minimum Gasteiger partial charge on any atom is -0.505 e. The van der Waals surface area contributed by atoms with Crippen LogP contribution in [0.1, 0.15) is 0 Å². The molecule has 0 unspecified atom stereocenters. The van der Waals surface area contributed by atoms with E-state index in [9.17, 15) is 9.90 Å². The number of fused-ring (bicyclic) bond motifs is 1. The second kappa shape index (κ2) is 6.36. The highest BCUT2D eigenvalue weighted by molar-refractivity contribution is 7.17. The molecule has 8 heteroatoms. The summed E-state index contributed by atoms with van der Waals surface area (Å²) in [5.74, 6) is 2.39. The van der Waals surface area contributed by atoms with E-state index in [-0.39, 0.29) is 39.2 Å². The van der Waals surface area contributed by atoms with Gasteiger partial charge >= 0.3 is 0 Å². The lowest BCUT2D eigenvalue weighted by Crippen LogP contribution is -2.22. The molecule has 0 aliphatic heterocycles. The number of nitrogens with zero attached hydrogens (tertiary/aromatic N) is 2. The molecule has 3 aromatic rings. The minimum atomic E-state index is -0.522. The van der Waals surface area contributed by atoms with Gasteiger partial charge in [-0.2, -0.15) is 0 Å². The van der Waals surface area contributed by atoms with Gasteiger partial charge in [0.15, 0.2) is 5.65 Å². The lowest BCUT2D eigenvalue weighted by Gasteiger charge is -2.15. The molecule has 3 rings (SSSR count). The summed E-state index contributed by atoms with van der Waals surface area (Å²) in [7, 11) is 1.41. The van der Waals surface area contributed by atoms with Gasteiger partial charge in [0, 0.05) is 0 Å². The van der Waals surface area contributed by atoms with E-state index in [1.165, 1.54) is 34.6 Å². The second-order valence-corrected chi connectivity index (χ2v) is 6.43. The summed E-state index contributed by atoms with van der Waals surface area (Å²) >= 11 is 13.6. The quantitative estimate of drug-likeness (QED) is 0.702. The Balaban J connectivity index is 2.51. The molecular formula is C16H10Cl2N2O3S. The molecule has 0 spiro atoms. The molecule has 2 heterocycles. The number of ether oxygens (including phenoxy) is 1. The Hall–Kier alpha value is -2.20. The van der Waals surface area contributed by atoms with E-state index >= 15 is 0 Å². The fourth-order valence-corrected chi connectivity index (χ4v) is 3.69. The maximum absolute atomic E-state index is 12.9. The summed E-state index contributed by atoms with van der Waals surface area (Å²) in [5, 5.41) is 11.1. The summed E-state index contributed by atoms with van der Waals surface area (Å²) in [6.07, 6.45) is 5.36. The molecule has 122 valence electrons. The molecule has 0 bridgehead atoms. The molecule has 0 atom stereocenters. The van der Waals surface area contributed by atoms with Crippen molar-refractivity contribution in [2.75, 3.05) is 7.11 Å². The van der Waals surface area contributed by atoms with E-state index in [4.69, 9.17) is 34.4 Å². The standard InChI is InChI=1S/C16H10Cl2N2O3S/c1-3-6-20-15-14(24-7-19-15)12(21)11(16(20)22)10-8(17)4-5-9(18)13(10)23-2/h1,4-5,7,21H,6H2,2H3. The van der Waals surface area contributed by atoms with Crippen molar-refractivity contribution in [3.05, 3.63) is 38.0 Å². The molecule has 0 aliphatic carbocycles. The number of benzene rings is 1. The number of pyridine rings is 1. The average Bonchev–Trinajstić information content (AvgIpc) is 3.04. The van der Waals surface area contributed by atoms with Crippen molar-refractivity contribution in [2.45, 2.75) is 6.54 Å². The molecule has 5 nitrogen and oxygen atoms in total. The Bertz CT molecular complexity index is 1050. The van der Waals surface area contributed by atoms with Crippen molar-refractivity contribution in [2.24, 2.45) is 0 Å². The summed E-state index contributed by atoms with van der Waals surface area (Å²) in [6, 6.07) is 3.08. The molecule has 0 radical (unpaired) electrons. The molecule has 1 aromatic carbocycles. The number of aromatic hydroxyl groups is 1. The van der Waals surface area contributed by atoms with Gasteiger partial charge in [-0.1, -0.05) is 29.1 Å². The van der Waals surface area contributed by atoms with Crippen LogP contribution in [0.4, 0.5) is 0 Å². The maximum Gasteiger partial charge on any atom is 0.264 e. The number of halogens is 2. The van der Waals surface area contributed by atoms with Crippen molar-refractivity contribution in [3.8, 4) is 35.0 Å². The lowest BCUT2D eigenvalue weighted by atomic mass is 10.0. The predicted molar refractivity (Wildman–Crippen MR) is 96.4 cm³/mol. The first-order valence-corrected chi connectivity index (χ1v) is 8.29. The van der Waals surface area contributed by atoms with Crippen LogP contribution in [-0.2, 0) is 6.54 Å². The fourth-order valence-electron chi connectivity index (χ4n) is 2.47. The van der Waals surface area contributed by atoms with Crippen LogP contribution in [0, 0.1) is 12.3 Å². The van der Waals surface area contributed by atoms with Gasteiger partial charge in [0.25, 0.3) is 5.56 Å². The third kappa shape index (κ3) is 2.42. The first-order chi connectivity index (χ1) is 11.5. The van der Waals surface area contributed by atoms with Crippen LogP contribution in [0.2, 0.25) is 10.0 Å². The van der Waals surface area contributed by atoms with Gasteiger partial charge in [-0.05, 0) is 12.1 Å². The summed E-state index contributed by atoms with van der Waals surface area (Å²) in [5.41, 5.74) is 1.52. The Morgan fingerprint density at radius 1 is 1.38 bits per heavy atom. The first-order valence-electron chi connectivity index (χ1n) is 6.66. The highest BCUT2D eigenvalue weighted by Crippen LogP contribution is 2.45. The van der Waals surface area contributed by atoms with Gasteiger partial charge in [-0.15, -0.1) is 17.8 Å². The molecule has 24 heavy (non-hydrogen) atoms. The molecule has 2 aromatic heterocycles. The molecule has 0 fully saturated rings. The van der Waals surface area contributed by atoms with Crippen molar-refractivity contribution in [1.82, 2.24) is 9.55 Å². The molecular weight excluding hydrogens is 371 g/mol. The largest absolute Gasteiger partial charge is 0.505 e. The average molecular weight is 381 g/mol. The zero-order valence-corrected chi connectivity index (χ0v) is 14.7. The van der Waals surface area contributed by atoms with Crippen LogP contribution in [0.3, 0.4) is 0 Å².